The van der Waals surface area contributed by atoms with E-state index in [1.165, 1.54) is 12.1 Å². The Kier molecular flexibility index (Phi) is 5.20. The molecule has 0 radical (unpaired) electrons. The number of benzene rings is 2. The first-order chi connectivity index (χ1) is 15.5. The second-order valence-electron chi connectivity index (χ2n) is 8.20. The molecule has 0 unspecified atom stereocenters. The Balaban J connectivity index is 1.34. The van der Waals surface area contributed by atoms with E-state index in [4.69, 9.17) is 0 Å². The summed E-state index contributed by atoms with van der Waals surface area (Å²) in [5, 5.41) is 7.39. The van der Waals surface area contributed by atoms with Crippen molar-refractivity contribution >= 4 is 17.5 Å². The lowest BCUT2D eigenvalue weighted by atomic mass is 9.92. The van der Waals surface area contributed by atoms with Gasteiger partial charge in [-0.05, 0) is 62.1 Å². The van der Waals surface area contributed by atoms with Crippen molar-refractivity contribution in [3.05, 3.63) is 77.1 Å². The van der Waals surface area contributed by atoms with Crippen molar-refractivity contribution < 1.29 is 18.4 Å². The number of hydrogen-bond donors (Lipinski definition) is 1. The fraction of sp³-hybridized carbons (Fsp3) is 0.292. The van der Waals surface area contributed by atoms with Gasteiger partial charge in [0.05, 0.1) is 17.9 Å². The number of amides is 2. The van der Waals surface area contributed by atoms with Gasteiger partial charge in [0.15, 0.2) is 0 Å². The molecule has 1 atom stereocenters. The Hall–Kier alpha value is -3.55. The number of carbonyl (C=O) groups is 2. The molecule has 2 amide bonds. The highest BCUT2D eigenvalue weighted by atomic mass is 19.1. The summed E-state index contributed by atoms with van der Waals surface area (Å²) in [6.45, 7) is 0.703. The first-order valence-corrected chi connectivity index (χ1v) is 10.7. The highest BCUT2D eigenvalue weighted by Gasteiger charge is 2.27. The van der Waals surface area contributed by atoms with Crippen molar-refractivity contribution in [3.63, 3.8) is 0 Å². The van der Waals surface area contributed by atoms with Gasteiger partial charge in [-0.25, -0.2) is 13.5 Å². The van der Waals surface area contributed by atoms with Crippen LogP contribution in [0.2, 0.25) is 0 Å². The number of halogens is 2. The van der Waals surface area contributed by atoms with Crippen LogP contribution in [0.3, 0.4) is 0 Å². The van der Waals surface area contributed by atoms with Gasteiger partial charge < -0.3 is 10.2 Å². The monoisotopic (exact) mass is 436 g/mol. The molecule has 5 rings (SSSR count). The molecule has 1 aliphatic carbocycles. The van der Waals surface area contributed by atoms with Gasteiger partial charge in [0.25, 0.3) is 5.91 Å². The van der Waals surface area contributed by atoms with Crippen molar-refractivity contribution in [2.75, 3.05) is 11.4 Å². The summed E-state index contributed by atoms with van der Waals surface area (Å²) >= 11 is 0. The topological polar surface area (TPSA) is 67.2 Å². The summed E-state index contributed by atoms with van der Waals surface area (Å²) in [5.74, 6) is -1.44. The summed E-state index contributed by atoms with van der Waals surface area (Å²) in [5.41, 5.74) is 3.32. The molecule has 3 aromatic rings. The Morgan fingerprint density at radius 2 is 1.75 bits per heavy atom. The normalized spacial score (nSPS) is 18.0. The SMILES string of the molecule is O=C(N[C@@H]1CCCc2c1cnn2-c1cc(F)cc(F)c1)c1ccc(N2CCCC2=O)cc1. The highest BCUT2D eigenvalue weighted by molar-refractivity contribution is 5.97. The molecule has 1 aromatic heterocycles. The smallest absolute Gasteiger partial charge is 0.251 e. The molecule has 2 aliphatic rings. The van der Waals surface area contributed by atoms with Crippen LogP contribution in [0.4, 0.5) is 14.5 Å². The minimum Gasteiger partial charge on any atom is -0.345 e. The van der Waals surface area contributed by atoms with Crippen LogP contribution < -0.4 is 10.2 Å². The van der Waals surface area contributed by atoms with Gasteiger partial charge in [-0.2, -0.15) is 5.10 Å². The zero-order valence-corrected chi connectivity index (χ0v) is 17.4. The number of carbonyl (C=O) groups excluding carboxylic acids is 2. The third kappa shape index (κ3) is 3.77. The molecule has 0 spiro atoms. The quantitative estimate of drug-likeness (QED) is 0.670. The van der Waals surface area contributed by atoms with Crippen LogP contribution in [0.25, 0.3) is 5.69 Å². The van der Waals surface area contributed by atoms with Crippen LogP contribution in [0.15, 0.2) is 48.7 Å². The van der Waals surface area contributed by atoms with Crippen molar-refractivity contribution in [2.45, 2.75) is 38.1 Å². The largest absolute Gasteiger partial charge is 0.345 e. The third-order valence-corrected chi connectivity index (χ3v) is 6.09. The second-order valence-corrected chi connectivity index (χ2v) is 8.20. The van der Waals surface area contributed by atoms with Gasteiger partial charge in [-0.1, -0.05) is 0 Å². The second kappa shape index (κ2) is 8.18. The standard InChI is InChI=1S/C24H22F2N4O2/c25-16-11-17(26)13-19(12-16)30-22-4-1-3-21(20(22)14-27-30)28-24(32)15-6-8-18(9-7-15)29-10-2-5-23(29)31/h6-9,11-14,21H,1-5,10H2,(H,28,32)/t21-/m1/s1. The first kappa shape index (κ1) is 20.4. The average Bonchev–Trinajstić information content (AvgIpc) is 3.40. The van der Waals surface area contributed by atoms with Crippen LogP contribution in [0.5, 0.6) is 0 Å². The van der Waals surface area contributed by atoms with E-state index in [2.05, 4.69) is 10.4 Å². The van der Waals surface area contributed by atoms with Gasteiger partial charge in [-0.15, -0.1) is 0 Å². The molecule has 2 heterocycles. The van der Waals surface area contributed by atoms with Crippen molar-refractivity contribution in [2.24, 2.45) is 0 Å². The van der Waals surface area contributed by atoms with Crippen LogP contribution in [-0.2, 0) is 11.2 Å². The Morgan fingerprint density at radius 3 is 2.44 bits per heavy atom. The maximum atomic E-state index is 13.7. The zero-order valence-electron chi connectivity index (χ0n) is 17.4. The predicted molar refractivity (Wildman–Crippen MR) is 115 cm³/mol. The minimum atomic E-state index is -0.663. The van der Waals surface area contributed by atoms with Gasteiger partial charge >= 0.3 is 0 Å². The molecular formula is C24H22F2N4O2. The maximum Gasteiger partial charge on any atom is 0.251 e. The molecular weight excluding hydrogens is 414 g/mol. The number of nitrogens with zero attached hydrogens (tertiary/aromatic N) is 3. The molecule has 0 saturated carbocycles. The van der Waals surface area contributed by atoms with Gasteiger partial charge in [0.2, 0.25) is 5.91 Å². The van der Waals surface area contributed by atoms with Gasteiger partial charge in [-0.3, -0.25) is 9.59 Å². The molecule has 32 heavy (non-hydrogen) atoms. The molecule has 6 nitrogen and oxygen atoms in total. The van der Waals surface area contributed by atoms with E-state index in [0.717, 1.165) is 42.3 Å². The lowest BCUT2D eigenvalue weighted by Crippen LogP contribution is -2.31. The van der Waals surface area contributed by atoms with E-state index in [1.807, 2.05) is 0 Å². The average molecular weight is 436 g/mol. The van der Waals surface area contributed by atoms with E-state index in [0.29, 0.717) is 30.6 Å². The molecule has 1 N–H and O–H groups in total. The summed E-state index contributed by atoms with van der Waals surface area (Å²) in [6.07, 6.45) is 5.34. The van der Waals surface area contributed by atoms with E-state index >= 15 is 0 Å². The summed E-state index contributed by atoms with van der Waals surface area (Å²) < 4.78 is 28.9. The Labute approximate surface area is 183 Å². The van der Waals surface area contributed by atoms with Crippen LogP contribution in [0.1, 0.15) is 53.3 Å². The third-order valence-electron chi connectivity index (χ3n) is 6.09. The molecule has 0 bridgehead atoms. The summed E-state index contributed by atoms with van der Waals surface area (Å²) in [7, 11) is 0. The van der Waals surface area contributed by atoms with E-state index in [9.17, 15) is 18.4 Å². The highest BCUT2D eigenvalue weighted by Crippen LogP contribution is 2.32. The number of hydrogen-bond acceptors (Lipinski definition) is 3. The molecule has 1 saturated heterocycles. The molecule has 8 heteroatoms. The van der Waals surface area contributed by atoms with Crippen LogP contribution >= 0.6 is 0 Å². The van der Waals surface area contributed by atoms with E-state index < -0.39 is 11.6 Å². The van der Waals surface area contributed by atoms with E-state index in [1.54, 1.807) is 40.0 Å². The van der Waals surface area contributed by atoms with Crippen molar-refractivity contribution in [1.82, 2.24) is 15.1 Å². The lowest BCUT2D eigenvalue weighted by molar-refractivity contribution is -0.117. The minimum absolute atomic E-state index is 0.104. The molecule has 1 fully saturated rings. The fourth-order valence-corrected chi connectivity index (χ4v) is 4.55. The van der Waals surface area contributed by atoms with Crippen LogP contribution in [-0.4, -0.2) is 28.1 Å². The maximum absolute atomic E-state index is 13.7. The van der Waals surface area contributed by atoms with Gasteiger partial charge in [0.1, 0.15) is 11.6 Å². The summed E-state index contributed by atoms with van der Waals surface area (Å²) in [6, 6.07) is 10.1. The number of rotatable bonds is 4. The Morgan fingerprint density at radius 1 is 1.00 bits per heavy atom. The number of aromatic nitrogens is 2. The zero-order chi connectivity index (χ0) is 22.2. The lowest BCUT2D eigenvalue weighted by Gasteiger charge is -2.24. The molecule has 1 aliphatic heterocycles. The number of fused-ring (bicyclic) bond motifs is 1. The van der Waals surface area contributed by atoms with Gasteiger partial charge in [0, 0.05) is 41.5 Å². The fourth-order valence-electron chi connectivity index (χ4n) is 4.55. The number of anilines is 1. The number of nitrogens with one attached hydrogen (secondary N) is 1. The van der Waals surface area contributed by atoms with Crippen LogP contribution in [0, 0.1) is 11.6 Å². The van der Waals surface area contributed by atoms with Crippen molar-refractivity contribution in [3.8, 4) is 5.69 Å². The predicted octanol–water partition coefficient (Wildman–Crippen LogP) is 4.08. The first-order valence-electron chi connectivity index (χ1n) is 10.7. The summed E-state index contributed by atoms with van der Waals surface area (Å²) in [4.78, 5) is 26.5. The molecule has 164 valence electrons. The molecule has 2 aromatic carbocycles. The van der Waals surface area contributed by atoms with E-state index in [-0.39, 0.29) is 17.9 Å². The Bertz CT molecular complexity index is 1170. The van der Waals surface area contributed by atoms with Crippen molar-refractivity contribution in [1.29, 1.82) is 0 Å².